The molecule has 1 aliphatic carbocycles. The van der Waals surface area contributed by atoms with E-state index in [0.717, 1.165) is 11.8 Å². The normalized spacial score (nSPS) is 28.3. The molecule has 1 saturated heterocycles. The van der Waals surface area contributed by atoms with Crippen molar-refractivity contribution in [1.82, 2.24) is 4.90 Å². The van der Waals surface area contributed by atoms with Crippen molar-refractivity contribution < 1.29 is 0 Å². The average Bonchev–Trinajstić information content (AvgIpc) is 2.86. The Morgan fingerprint density at radius 1 is 1.17 bits per heavy atom. The third-order valence-electron chi connectivity index (χ3n) is 4.63. The SMILES string of the molecule is ClCC1CCCN1CC1CCCc2ccccc21. The Bertz CT molecular complexity index is 404. The maximum absolute atomic E-state index is 6.08. The minimum atomic E-state index is 0.626. The molecule has 1 aromatic rings. The van der Waals surface area contributed by atoms with Gasteiger partial charge in [0, 0.05) is 18.5 Å². The summed E-state index contributed by atoms with van der Waals surface area (Å²) in [5.74, 6) is 1.53. The number of fused-ring (bicyclic) bond motifs is 1. The van der Waals surface area contributed by atoms with Gasteiger partial charge in [-0.25, -0.2) is 0 Å². The lowest BCUT2D eigenvalue weighted by molar-refractivity contribution is 0.245. The van der Waals surface area contributed by atoms with E-state index in [0.29, 0.717) is 6.04 Å². The highest BCUT2D eigenvalue weighted by Crippen LogP contribution is 2.33. The van der Waals surface area contributed by atoms with Crippen LogP contribution in [0.2, 0.25) is 0 Å². The highest BCUT2D eigenvalue weighted by Gasteiger charge is 2.28. The topological polar surface area (TPSA) is 3.24 Å². The first-order valence-corrected chi connectivity index (χ1v) is 7.80. The minimum Gasteiger partial charge on any atom is -0.299 e. The van der Waals surface area contributed by atoms with Crippen LogP contribution in [0.25, 0.3) is 0 Å². The Hall–Kier alpha value is -0.530. The van der Waals surface area contributed by atoms with E-state index >= 15 is 0 Å². The van der Waals surface area contributed by atoms with Crippen molar-refractivity contribution in [2.45, 2.75) is 44.1 Å². The van der Waals surface area contributed by atoms with Gasteiger partial charge >= 0.3 is 0 Å². The molecule has 1 nitrogen and oxygen atoms in total. The number of hydrogen-bond acceptors (Lipinski definition) is 1. The molecular formula is C16H22ClN. The summed E-state index contributed by atoms with van der Waals surface area (Å²) < 4.78 is 0. The van der Waals surface area contributed by atoms with E-state index in [1.807, 2.05) is 0 Å². The maximum atomic E-state index is 6.08. The van der Waals surface area contributed by atoms with Gasteiger partial charge in [0.1, 0.15) is 0 Å². The van der Waals surface area contributed by atoms with Gasteiger partial charge in [-0.3, -0.25) is 4.90 Å². The first-order valence-electron chi connectivity index (χ1n) is 7.26. The van der Waals surface area contributed by atoms with Crippen LogP contribution in [0.4, 0.5) is 0 Å². The fourth-order valence-electron chi connectivity index (χ4n) is 3.64. The second-order valence-electron chi connectivity index (χ2n) is 5.73. The first-order chi connectivity index (χ1) is 8.88. The summed E-state index contributed by atoms with van der Waals surface area (Å²) in [4.78, 5) is 2.62. The van der Waals surface area contributed by atoms with Crippen LogP contribution in [0.5, 0.6) is 0 Å². The molecule has 0 radical (unpaired) electrons. The van der Waals surface area contributed by atoms with Crippen molar-refractivity contribution in [3.05, 3.63) is 35.4 Å². The number of likely N-dealkylation sites (tertiary alicyclic amines) is 1. The summed E-state index contributed by atoms with van der Waals surface area (Å²) in [5.41, 5.74) is 3.18. The van der Waals surface area contributed by atoms with Gasteiger partial charge in [-0.2, -0.15) is 0 Å². The Morgan fingerprint density at radius 2 is 2.06 bits per heavy atom. The van der Waals surface area contributed by atoms with Gasteiger partial charge in [0.15, 0.2) is 0 Å². The maximum Gasteiger partial charge on any atom is 0.0379 e. The standard InChI is InChI=1S/C16H22ClN/c17-11-15-8-4-10-18(15)12-14-7-3-6-13-5-1-2-9-16(13)14/h1-2,5,9,14-15H,3-4,6-8,10-12H2. The van der Waals surface area contributed by atoms with Gasteiger partial charge < -0.3 is 0 Å². The van der Waals surface area contributed by atoms with Crippen LogP contribution in [-0.4, -0.2) is 29.9 Å². The number of alkyl halides is 1. The Labute approximate surface area is 115 Å². The minimum absolute atomic E-state index is 0.626. The molecule has 2 aliphatic rings. The summed E-state index contributed by atoms with van der Waals surface area (Å²) in [6.07, 6.45) is 6.58. The summed E-state index contributed by atoms with van der Waals surface area (Å²) in [7, 11) is 0. The van der Waals surface area contributed by atoms with Gasteiger partial charge in [-0.15, -0.1) is 11.6 Å². The van der Waals surface area contributed by atoms with E-state index in [1.54, 1.807) is 11.1 Å². The quantitative estimate of drug-likeness (QED) is 0.750. The van der Waals surface area contributed by atoms with Crippen molar-refractivity contribution >= 4 is 11.6 Å². The van der Waals surface area contributed by atoms with Crippen molar-refractivity contribution in [3.63, 3.8) is 0 Å². The summed E-state index contributed by atoms with van der Waals surface area (Å²) in [6.45, 7) is 2.46. The molecule has 2 atom stereocenters. The fourth-order valence-corrected chi connectivity index (χ4v) is 3.99. The molecule has 1 heterocycles. The monoisotopic (exact) mass is 263 g/mol. The third kappa shape index (κ3) is 2.44. The Balaban J connectivity index is 1.74. The molecule has 3 rings (SSSR count). The number of rotatable bonds is 3. The Morgan fingerprint density at radius 3 is 2.94 bits per heavy atom. The zero-order chi connectivity index (χ0) is 12.4. The molecule has 1 aromatic carbocycles. The summed E-state index contributed by atoms with van der Waals surface area (Å²) in [6, 6.07) is 9.65. The van der Waals surface area contributed by atoms with E-state index in [1.165, 1.54) is 45.2 Å². The molecule has 2 heteroatoms. The van der Waals surface area contributed by atoms with Crippen LogP contribution in [0.3, 0.4) is 0 Å². The van der Waals surface area contributed by atoms with Crippen molar-refractivity contribution in [3.8, 4) is 0 Å². The summed E-state index contributed by atoms with van der Waals surface area (Å²) >= 11 is 6.08. The molecule has 0 spiro atoms. The Kier molecular flexibility index (Phi) is 3.91. The molecule has 18 heavy (non-hydrogen) atoms. The lowest BCUT2D eigenvalue weighted by atomic mass is 9.82. The molecule has 0 N–H and O–H groups in total. The lowest BCUT2D eigenvalue weighted by Crippen LogP contribution is -2.35. The molecule has 0 amide bonds. The van der Waals surface area contributed by atoms with Crippen molar-refractivity contribution in [1.29, 1.82) is 0 Å². The molecule has 0 saturated carbocycles. The number of halogens is 1. The molecular weight excluding hydrogens is 242 g/mol. The van der Waals surface area contributed by atoms with Gasteiger partial charge in [0.25, 0.3) is 0 Å². The second kappa shape index (κ2) is 5.63. The van der Waals surface area contributed by atoms with Crippen LogP contribution in [0.1, 0.15) is 42.7 Å². The number of benzene rings is 1. The molecule has 2 unspecified atom stereocenters. The zero-order valence-corrected chi connectivity index (χ0v) is 11.7. The second-order valence-corrected chi connectivity index (χ2v) is 6.04. The van der Waals surface area contributed by atoms with Gasteiger partial charge in [0.05, 0.1) is 0 Å². The predicted molar refractivity (Wildman–Crippen MR) is 77.4 cm³/mol. The largest absolute Gasteiger partial charge is 0.299 e. The molecule has 98 valence electrons. The highest BCUT2D eigenvalue weighted by atomic mass is 35.5. The fraction of sp³-hybridized carbons (Fsp3) is 0.625. The van der Waals surface area contributed by atoms with Crippen LogP contribution >= 0.6 is 11.6 Å². The molecule has 1 fully saturated rings. The van der Waals surface area contributed by atoms with Crippen LogP contribution < -0.4 is 0 Å². The van der Waals surface area contributed by atoms with E-state index in [2.05, 4.69) is 29.2 Å². The smallest absolute Gasteiger partial charge is 0.0379 e. The number of aryl methyl sites for hydroxylation is 1. The van der Waals surface area contributed by atoms with E-state index in [4.69, 9.17) is 11.6 Å². The van der Waals surface area contributed by atoms with Gasteiger partial charge in [0.2, 0.25) is 0 Å². The third-order valence-corrected chi connectivity index (χ3v) is 4.98. The lowest BCUT2D eigenvalue weighted by Gasteiger charge is -2.31. The van der Waals surface area contributed by atoms with Crippen LogP contribution in [0.15, 0.2) is 24.3 Å². The van der Waals surface area contributed by atoms with E-state index in [-0.39, 0.29) is 0 Å². The molecule has 1 aliphatic heterocycles. The number of nitrogens with zero attached hydrogens (tertiary/aromatic N) is 1. The van der Waals surface area contributed by atoms with Crippen molar-refractivity contribution in [2.75, 3.05) is 19.0 Å². The molecule has 0 bridgehead atoms. The van der Waals surface area contributed by atoms with E-state index < -0.39 is 0 Å². The van der Waals surface area contributed by atoms with Crippen LogP contribution in [0, 0.1) is 0 Å². The summed E-state index contributed by atoms with van der Waals surface area (Å²) in [5, 5.41) is 0. The first kappa shape index (κ1) is 12.5. The van der Waals surface area contributed by atoms with E-state index in [9.17, 15) is 0 Å². The molecule has 0 aromatic heterocycles. The number of hydrogen-bond donors (Lipinski definition) is 0. The highest BCUT2D eigenvalue weighted by molar-refractivity contribution is 6.18. The zero-order valence-electron chi connectivity index (χ0n) is 10.9. The average molecular weight is 264 g/mol. The van der Waals surface area contributed by atoms with Gasteiger partial charge in [-0.1, -0.05) is 24.3 Å². The van der Waals surface area contributed by atoms with Crippen LogP contribution in [-0.2, 0) is 6.42 Å². The van der Waals surface area contributed by atoms with Crippen molar-refractivity contribution in [2.24, 2.45) is 0 Å². The predicted octanol–water partition coefficient (Wildman–Crippen LogP) is 3.81. The van der Waals surface area contributed by atoms with Gasteiger partial charge in [-0.05, 0) is 55.7 Å².